The molecule has 112 valence electrons. The van der Waals surface area contributed by atoms with Gasteiger partial charge in [0, 0.05) is 16.1 Å². The van der Waals surface area contributed by atoms with Crippen LogP contribution in [0.5, 0.6) is 0 Å². The minimum atomic E-state index is -4.50. The van der Waals surface area contributed by atoms with Gasteiger partial charge in [0.15, 0.2) is 0 Å². The maximum absolute atomic E-state index is 11.4. The average molecular weight is 368 g/mol. The second-order valence-corrected chi connectivity index (χ2v) is 6.75. The molecule has 0 saturated heterocycles. The molecule has 21 heavy (non-hydrogen) atoms. The summed E-state index contributed by atoms with van der Waals surface area (Å²) in [4.78, 5) is -0.426. The van der Waals surface area contributed by atoms with E-state index in [4.69, 9.17) is 34.8 Å². The van der Waals surface area contributed by atoms with Gasteiger partial charge in [-0.1, -0.05) is 53.0 Å². The van der Waals surface area contributed by atoms with Crippen LogP contribution in [-0.2, 0) is 10.1 Å². The molecular formula is C13H9Cl3O4S. The van der Waals surface area contributed by atoms with Gasteiger partial charge in [0.25, 0.3) is 10.1 Å². The summed E-state index contributed by atoms with van der Waals surface area (Å²) in [5.41, 5.74) is 0.0213. The van der Waals surface area contributed by atoms with E-state index in [1.54, 1.807) is 0 Å². The Balaban J connectivity index is 2.67. The smallest absolute Gasteiger partial charge is 0.294 e. The van der Waals surface area contributed by atoms with Crippen molar-refractivity contribution in [3.8, 4) is 0 Å². The average Bonchev–Trinajstić information content (AvgIpc) is 2.42. The quantitative estimate of drug-likeness (QED) is 0.636. The molecule has 0 aliphatic carbocycles. The van der Waals surface area contributed by atoms with E-state index in [-0.39, 0.29) is 26.2 Å². The topological polar surface area (TPSA) is 74.6 Å². The third-order valence-electron chi connectivity index (χ3n) is 2.84. The van der Waals surface area contributed by atoms with Gasteiger partial charge in [-0.25, -0.2) is 0 Å². The van der Waals surface area contributed by atoms with Gasteiger partial charge in [-0.3, -0.25) is 4.55 Å². The first-order valence-corrected chi connectivity index (χ1v) is 8.18. The fraction of sp³-hybridized carbons (Fsp3) is 0.0769. The summed E-state index contributed by atoms with van der Waals surface area (Å²) < 4.78 is 32.0. The zero-order chi connectivity index (χ0) is 15.8. The van der Waals surface area contributed by atoms with E-state index in [2.05, 4.69) is 0 Å². The van der Waals surface area contributed by atoms with Gasteiger partial charge in [-0.15, -0.1) is 0 Å². The normalized spacial score (nSPS) is 13.2. The van der Waals surface area contributed by atoms with E-state index >= 15 is 0 Å². The Morgan fingerprint density at radius 3 is 2.14 bits per heavy atom. The van der Waals surface area contributed by atoms with Crippen molar-refractivity contribution < 1.29 is 18.1 Å². The fourth-order valence-corrected chi connectivity index (χ4v) is 3.36. The van der Waals surface area contributed by atoms with Crippen LogP contribution in [0.2, 0.25) is 15.1 Å². The molecule has 0 aliphatic rings. The van der Waals surface area contributed by atoms with Gasteiger partial charge >= 0.3 is 0 Å². The lowest BCUT2D eigenvalue weighted by Crippen LogP contribution is -2.09. The Kier molecular flexibility index (Phi) is 4.82. The molecule has 0 radical (unpaired) electrons. The van der Waals surface area contributed by atoms with Gasteiger partial charge in [0.1, 0.15) is 11.0 Å². The van der Waals surface area contributed by atoms with Gasteiger partial charge in [-0.2, -0.15) is 8.42 Å². The number of hydrogen-bond acceptors (Lipinski definition) is 3. The van der Waals surface area contributed by atoms with Gasteiger partial charge in [0.2, 0.25) is 0 Å². The van der Waals surface area contributed by atoms with Gasteiger partial charge < -0.3 is 5.11 Å². The molecule has 0 aromatic heterocycles. The van der Waals surface area contributed by atoms with E-state index in [1.165, 1.54) is 36.4 Å². The van der Waals surface area contributed by atoms with Crippen LogP contribution in [0.15, 0.2) is 41.3 Å². The lowest BCUT2D eigenvalue weighted by molar-refractivity contribution is 0.217. The molecular weight excluding hydrogens is 359 g/mol. The number of halogens is 3. The number of aliphatic hydroxyl groups excluding tert-OH is 1. The fourth-order valence-electron chi connectivity index (χ4n) is 1.89. The molecule has 1 atom stereocenters. The lowest BCUT2D eigenvalue weighted by Gasteiger charge is -2.17. The largest absolute Gasteiger partial charge is 0.383 e. The van der Waals surface area contributed by atoms with Crippen LogP contribution in [0.4, 0.5) is 0 Å². The standard InChI is InChI=1S/C13H9Cl3O4S/c14-8-5-6-9(15)12(16)11(8)13(17)7-3-1-2-4-10(7)21(18,19)20/h1-6,13,17H,(H,18,19,20). The molecule has 1 unspecified atom stereocenters. The zero-order valence-electron chi connectivity index (χ0n) is 10.3. The molecule has 2 aromatic rings. The second-order valence-electron chi connectivity index (χ2n) is 4.17. The van der Waals surface area contributed by atoms with Crippen molar-refractivity contribution in [1.82, 2.24) is 0 Å². The van der Waals surface area contributed by atoms with Crippen molar-refractivity contribution in [3.05, 3.63) is 62.6 Å². The van der Waals surface area contributed by atoms with E-state index in [0.29, 0.717) is 0 Å². The highest BCUT2D eigenvalue weighted by atomic mass is 35.5. The molecule has 0 fully saturated rings. The highest BCUT2D eigenvalue weighted by Gasteiger charge is 2.25. The van der Waals surface area contributed by atoms with E-state index < -0.39 is 21.1 Å². The molecule has 0 heterocycles. The van der Waals surface area contributed by atoms with Crippen LogP contribution in [0, 0.1) is 0 Å². The first kappa shape index (κ1) is 16.5. The van der Waals surface area contributed by atoms with E-state index in [0.717, 1.165) is 0 Å². The van der Waals surface area contributed by atoms with E-state index in [1.807, 2.05) is 0 Å². The summed E-state index contributed by atoms with van der Waals surface area (Å²) in [6.07, 6.45) is -1.46. The van der Waals surface area contributed by atoms with Crippen LogP contribution in [0.1, 0.15) is 17.2 Å². The summed E-state index contributed by atoms with van der Waals surface area (Å²) in [5, 5.41) is 10.7. The first-order chi connectivity index (χ1) is 9.73. The minimum Gasteiger partial charge on any atom is -0.383 e. The number of rotatable bonds is 3. The Bertz CT molecular complexity index is 790. The summed E-state index contributed by atoms with van der Waals surface area (Å²) >= 11 is 17.9. The summed E-state index contributed by atoms with van der Waals surface area (Å²) in [5.74, 6) is 0. The number of aliphatic hydroxyl groups is 1. The Hall–Kier alpha value is -0.820. The predicted octanol–water partition coefficient (Wildman–Crippen LogP) is 3.98. The molecule has 2 aromatic carbocycles. The summed E-state index contributed by atoms with van der Waals surface area (Å²) in [6.45, 7) is 0. The Labute approximate surface area is 136 Å². The van der Waals surface area contributed by atoms with E-state index in [9.17, 15) is 18.1 Å². The zero-order valence-corrected chi connectivity index (χ0v) is 13.4. The molecule has 0 spiro atoms. The molecule has 4 nitrogen and oxygen atoms in total. The summed E-state index contributed by atoms with van der Waals surface area (Å²) in [6, 6.07) is 8.34. The highest BCUT2D eigenvalue weighted by Crippen LogP contribution is 2.39. The molecule has 0 amide bonds. The number of benzene rings is 2. The van der Waals surface area contributed by atoms with Crippen molar-refractivity contribution in [2.45, 2.75) is 11.0 Å². The van der Waals surface area contributed by atoms with Crippen LogP contribution in [0.3, 0.4) is 0 Å². The first-order valence-electron chi connectivity index (χ1n) is 5.61. The summed E-state index contributed by atoms with van der Waals surface area (Å²) in [7, 11) is -4.50. The Morgan fingerprint density at radius 2 is 1.52 bits per heavy atom. The predicted molar refractivity (Wildman–Crippen MR) is 81.8 cm³/mol. The van der Waals surface area contributed by atoms with Crippen LogP contribution in [-0.4, -0.2) is 18.1 Å². The maximum Gasteiger partial charge on any atom is 0.294 e. The van der Waals surface area contributed by atoms with Crippen LogP contribution >= 0.6 is 34.8 Å². The molecule has 0 saturated carbocycles. The second kappa shape index (κ2) is 6.12. The SMILES string of the molecule is O=S(=O)(O)c1ccccc1C(O)c1c(Cl)ccc(Cl)c1Cl. The molecule has 0 bridgehead atoms. The third kappa shape index (κ3) is 3.34. The van der Waals surface area contributed by atoms with Crippen LogP contribution < -0.4 is 0 Å². The maximum atomic E-state index is 11.4. The van der Waals surface area contributed by atoms with Gasteiger partial charge in [-0.05, 0) is 18.2 Å². The Morgan fingerprint density at radius 1 is 0.952 bits per heavy atom. The van der Waals surface area contributed by atoms with Crippen molar-refractivity contribution in [3.63, 3.8) is 0 Å². The van der Waals surface area contributed by atoms with Crippen molar-refractivity contribution >= 4 is 44.9 Å². The van der Waals surface area contributed by atoms with Crippen molar-refractivity contribution in [2.24, 2.45) is 0 Å². The van der Waals surface area contributed by atoms with Crippen molar-refractivity contribution in [1.29, 1.82) is 0 Å². The minimum absolute atomic E-state index is 0.0156. The van der Waals surface area contributed by atoms with Gasteiger partial charge in [0.05, 0.1) is 10.0 Å². The monoisotopic (exact) mass is 366 g/mol. The number of hydrogen-bond donors (Lipinski definition) is 2. The van der Waals surface area contributed by atoms with Crippen LogP contribution in [0.25, 0.3) is 0 Å². The molecule has 2 N–H and O–H groups in total. The molecule has 0 aliphatic heterocycles. The lowest BCUT2D eigenvalue weighted by atomic mass is 10.0. The molecule has 2 rings (SSSR count). The molecule has 8 heteroatoms. The van der Waals surface area contributed by atoms with Crippen molar-refractivity contribution in [2.75, 3.05) is 0 Å². The third-order valence-corrected chi connectivity index (χ3v) is 4.92. The highest BCUT2D eigenvalue weighted by molar-refractivity contribution is 7.85.